The second-order valence-electron chi connectivity index (χ2n) is 2.12. The van der Waals surface area contributed by atoms with Gasteiger partial charge in [-0.15, -0.1) is 0 Å². The van der Waals surface area contributed by atoms with Gasteiger partial charge in [-0.1, -0.05) is 26.0 Å². The highest BCUT2D eigenvalue weighted by atomic mass is 16.3. The van der Waals surface area contributed by atoms with E-state index in [-0.39, 0.29) is 5.75 Å². The third-order valence-corrected chi connectivity index (χ3v) is 1.46. The summed E-state index contributed by atoms with van der Waals surface area (Å²) in [6.07, 6.45) is 1.56. The van der Waals surface area contributed by atoms with Crippen molar-refractivity contribution in [3.8, 4) is 5.75 Å². The van der Waals surface area contributed by atoms with Crippen LogP contribution in [0.25, 0.3) is 11.0 Å². The molecule has 0 atom stereocenters. The lowest BCUT2D eigenvalue weighted by Gasteiger charge is -1.89. The van der Waals surface area contributed by atoms with Crippen molar-refractivity contribution in [2.75, 3.05) is 0 Å². The van der Waals surface area contributed by atoms with Crippen molar-refractivity contribution < 1.29 is 9.52 Å². The molecule has 2 rings (SSSR count). The minimum absolute atomic E-state index is 0.197. The minimum Gasteiger partial charge on any atom is -0.504 e. The van der Waals surface area contributed by atoms with E-state index in [0.29, 0.717) is 5.58 Å². The molecule has 1 aromatic heterocycles. The molecule has 0 spiro atoms. The van der Waals surface area contributed by atoms with Crippen molar-refractivity contribution in [3.63, 3.8) is 0 Å². The van der Waals surface area contributed by atoms with Gasteiger partial charge in [0.25, 0.3) is 0 Å². The normalized spacial score (nSPS) is 9.17. The topological polar surface area (TPSA) is 33.4 Å². The highest BCUT2D eigenvalue weighted by Gasteiger charge is 1.99. The molecule has 0 aliphatic heterocycles. The number of aromatic hydroxyl groups is 1. The Morgan fingerprint density at radius 2 is 1.92 bits per heavy atom. The highest BCUT2D eigenvalue weighted by Crippen LogP contribution is 2.24. The molecule has 2 nitrogen and oxygen atoms in total. The van der Waals surface area contributed by atoms with Crippen LogP contribution in [0, 0.1) is 0 Å². The van der Waals surface area contributed by atoms with Crippen molar-refractivity contribution in [1.82, 2.24) is 0 Å². The molecule has 1 heterocycles. The first-order valence-corrected chi connectivity index (χ1v) is 4.03. The van der Waals surface area contributed by atoms with Crippen LogP contribution in [0.15, 0.2) is 34.9 Å². The number of furan rings is 1. The third kappa shape index (κ3) is 1.42. The second kappa shape index (κ2) is 3.81. The molecule has 0 saturated carbocycles. The van der Waals surface area contributed by atoms with Crippen LogP contribution < -0.4 is 0 Å². The summed E-state index contributed by atoms with van der Waals surface area (Å²) in [6, 6.07) is 7.09. The fourth-order valence-electron chi connectivity index (χ4n) is 0.977. The lowest BCUT2D eigenvalue weighted by molar-refractivity contribution is 0.465. The zero-order valence-electron chi connectivity index (χ0n) is 7.24. The number of rotatable bonds is 0. The SMILES string of the molecule is CC.Oc1cccc2ccoc12. The van der Waals surface area contributed by atoms with E-state index in [1.165, 1.54) is 0 Å². The van der Waals surface area contributed by atoms with Gasteiger partial charge in [0.15, 0.2) is 11.3 Å². The predicted octanol–water partition coefficient (Wildman–Crippen LogP) is 3.16. The molecule has 1 N–H and O–H groups in total. The van der Waals surface area contributed by atoms with Gasteiger partial charge < -0.3 is 9.52 Å². The van der Waals surface area contributed by atoms with Gasteiger partial charge in [0.05, 0.1) is 6.26 Å². The van der Waals surface area contributed by atoms with E-state index in [9.17, 15) is 0 Å². The molecule has 0 saturated heterocycles. The number of phenols is 1. The standard InChI is InChI=1S/C8H6O2.C2H6/c9-7-3-1-2-6-4-5-10-8(6)7;1-2/h1-5,9H;1-2H3. The van der Waals surface area contributed by atoms with Gasteiger partial charge in [0, 0.05) is 5.39 Å². The van der Waals surface area contributed by atoms with Crippen LogP contribution in [0.1, 0.15) is 13.8 Å². The number of phenolic OH excluding ortho intramolecular Hbond substituents is 1. The maximum atomic E-state index is 9.17. The van der Waals surface area contributed by atoms with E-state index in [2.05, 4.69) is 0 Å². The Morgan fingerprint density at radius 3 is 2.58 bits per heavy atom. The van der Waals surface area contributed by atoms with E-state index in [1.54, 1.807) is 18.4 Å². The van der Waals surface area contributed by atoms with Crippen molar-refractivity contribution in [3.05, 3.63) is 30.5 Å². The average Bonchev–Trinajstić information content (AvgIpc) is 2.57. The smallest absolute Gasteiger partial charge is 0.175 e. The van der Waals surface area contributed by atoms with Crippen LogP contribution >= 0.6 is 0 Å². The van der Waals surface area contributed by atoms with Crippen molar-refractivity contribution in [2.45, 2.75) is 13.8 Å². The van der Waals surface area contributed by atoms with Gasteiger partial charge in [0.1, 0.15) is 0 Å². The van der Waals surface area contributed by atoms with E-state index in [1.807, 2.05) is 26.0 Å². The Morgan fingerprint density at radius 1 is 1.17 bits per heavy atom. The number of para-hydroxylation sites is 1. The third-order valence-electron chi connectivity index (χ3n) is 1.46. The summed E-state index contributed by atoms with van der Waals surface area (Å²) in [4.78, 5) is 0. The molecular formula is C10H12O2. The lowest BCUT2D eigenvalue weighted by atomic mass is 10.2. The Bertz CT molecular complexity index is 349. The van der Waals surface area contributed by atoms with Gasteiger partial charge in [-0.3, -0.25) is 0 Å². The number of fused-ring (bicyclic) bond motifs is 1. The summed E-state index contributed by atoms with van der Waals surface area (Å²) in [5, 5.41) is 10.1. The van der Waals surface area contributed by atoms with Crippen molar-refractivity contribution in [1.29, 1.82) is 0 Å². The first-order valence-electron chi connectivity index (χ1n) is 4.03. The Kier molecular flexibility index (Phi) is 2.75. The highest BCUT2D eigenvalue weighted by molar-refractivity contribution is 5.82. The molecule has 0 radical (unpaired) electrons. The average molecular weight is 164 g/mol. The molecule has 0 amide bonds. The van der Waals surface area contributed by atoms with Crippen LogP contribution in [-0.2, 0) is 0 Å². The van der Waals surface area contributed by atoms with Crippen LogP contribution in [-0.4, -0.2) is 5.11 Å². The molecule has 0 fully saturated rings. The molecule has 0 bridgehead atoms. The summed E-state index contributed by atoms with van der Waals surface area (Å²) in [5.74, 6) is 0.197. The van der Waals surface area contributed by atoms with E-state index in [4.69, 9.17) is 9.52 Å². The lowest BCUT2D eigenvalue weighted by Crippen LogP contribution is -1.63. The number of hydrogen-bond acceptors (Lipinski definition) is 2. The summed E-state index contributed by atoms with van der Waals surface area (Å²) in [7, 11) is 0. The summed E-state index contributed by atoms with van der Waals surface area (Å²) < 4.78 is 5.00. The molecule has 0 aliphatic rings. The van der Waals surface area contributed by atoms with Gasteiger partial charge >= 0.3 is 0 Å². The number of hydrogen-bond donors (Lipinski definition) is 1. The second-order valence-corrected chi connectivity index (χ2v) is 2.12. The molecular weight excluding hydrogens is 152 g/mol. The largest absolute Gasteiger partial charge is 0.504 e. The monoisotopic (exact) mass is 164 g/mol. The van der Waals surface area contributed by atoms with E-state index in [0.717, 1.165) is 5.39 Å². The van der Waals surface area contributed by atoms with Gasteiger partial charge in [0.2, 0.25) is 0 Å². The summed E-state index contributed by atoms with van der Waals surface area (Å²) in [5.41, 5.74) is 0.558. The van der Waals surface area contributed by atoms with E-state index < -0.39 is 0 Å². The molecule has 0 unspecified atom stereocenters. The summed E-state index contributed by atoms with van der Waals surface area (Å²) >= 11 is 0. The van der Waals surface area contributed by atoms with Crippen LogP contribution in [0.3, 0.4) is 0 Å². The van der Waals surface area contributed by atoms with Crippen LogP contribution in [0.4, 0.5) is 0 Å². The minimum atomic E-state index is 0.197. The van der Waals surface area contributed by atoms with Crippen molar-refractivity contribution in [2.24, 2.45) is 0 Å². The molecule has 12 heavy (non-hydrogen) atoms. The van der Waals surface area contributed by atoms with Crippen LogP contribution in [0.2, 0.25) is 0 Å². The van der Waals surface area contributed by atoms with Gasteiger partial charge in [-0.05, 0) is 12.1 Å². The maximum Gasteiger partial charge on any atom is 0.175 e. The molecule has 1 aromatic carbocycles. The maximum absolute atomic E-state index is 9.17. The van der Waals surface area contributed by atoms with Crippen molar-refractivity contribution >= 4 is 11.0 Å². The Labute approximate surface area is 71.4 Å². The Hall–Kier alpha value is -1.44. The zero-order chi connectivity index (χ0) is 8.97. The first-order chi connectivity index (χ1) is 5.88. The van der Waals surface area contributed by atoms with Crippen LogP contribution in [0.5, 0.6) is 5.75 Å². The fraction of sp³-hybridized carbons (Fsp3) is 0.200. The predicted molar refractivity (Wildman–Crippen MR) is 49.2 cm³/mol. The quantitative estimate of drug-likeness (QED) is 0.648. The first kappa shape index (κ1) is 8.65. The fourth-order valence-corrected chi connectivity index (χ4v) is 0.977. The zero-order valence-corrected chi connectivity index (χ0v) is 7.24. The molecule has 0 aliphatic carbocycles. The molecule has 2 heteroatoms. The molecule has 64 valence electrons. The van der Waals surface area contributed by atoms with Gasteiger partial charge in [-0.2, -0.15) is 0 Å². The van der Waals surface area contributed by atoms with E-state index >= 15 is 0 Å². The number of benzene rings is 1. The molecule has 2 aromatic rings. The summed E-state index contributed by atoms with van der Waals surface area (Å²) in [6.45, 7) is 4.00. The van der Waals surface area contributed by atoms with Gasteiger partial charge in [-0.25, -0.2) is 0 Å². The Balaban J connectivity index is 0.000000336.